The number of anilines is 1. The number of amides is 1. The number of H-pyrrole nitrogens is 2. The van der Waals surface area contributed by atoms with Crippen LogP contribution in [-0.2, 0) is 0 Å². The molecule has 4 aromatic rings. The van der Waals surface area contributed by atoms with Crippen molar-refractivity contribution in [3.05, 3.63) is 75.1 Å². The van der Waals surface area contributed by atoms with Crippen molar-refractivity contribution in [1.29, 1.82) is 0 Å². The van der Waals surface area contributed by atoms with Gasteiger partial charge in [0.2, 0.25) is 0 Å². The number of oxazole rings is 1. The smallest absolute Gasteiger partial charge is 0.408 e. The number of carbonyl (C=O) groups is 1. The number of nitrogens with one attached hydrogen (secondary N) is 3. The first-order valence-electron chi connectivity index (χ1n) is 7.16. The monoisotopic (exact) mass is 321 g/mol. The summed E-state index contributed by atoms with van der Waals surface area (Å²) in [6, 6.07) is 13.4. The first-order chi connectivity index (χ1) is 11.6. The fourth-order valence-electron chi connectivity index (χ4n) is 2.56. The quantitative estimate of drug-likeness (QED) is 0.526. The number of aromatic amines is 2. The zero-order valence-corrected chi connectivity index (χ0v) is 12.3. The van der Waals surface area contributed by atoms with E-state index in [9.17, 15) is 14.4 Å². The van der Waals surface area contributed by atoms with Gasteiger partial charge >= 0.3 is 5.76 Å². The highest BCUT2D eigenvalue weighted by molar-refractivity contribution is 6.05. The standard InChI is InChI=1S/C17H11N3O4/c21-15-11-4-2-1-3-9(11)7-13(19-15)16(22)18-10-5-6-14-12(8-10)20-17(23)24-14/h1-8H,(H,18,22)(H,19,21)(H,20,23). The minimum Gasteiger partial charge on any atom is -0.408 e. The molecule has 0 bridgehead atoms. The zero-order valence-electron chi connectivity index (χ0n) is 12.3. The number of carbonyl (C=O) groups excluding carboxylic acids is 1. The third kappa shape index (κ3) is 2.38. The van der Waals surface area contributed by atoms with Gasteiger partial charge in [-0.2, -0.15) is 0 Å². The molecular weight excluding hydrogens is 310 g/mol. The van der Waals surface area contributed by atoms with Gasteiger partial charge in [0.25, 0.3) is 11.5 Å². The van der Waals surface area contributed by atoms with Gasteiger partial charge in [-0.3, -0.25) is 14.6 Å². The molecule has 0 aliphatic heterocycles. The van der Waals surface area contributed by atoms with Crippen LogP contribution in [-0.4, -0.2) is 15.9 Å². The van der Waals surface area contributed by atoms with Crippen molar-refractivity contribution < 1.29 is 9.21 Å². The highest BCUT2D eigenvalue weighted by Gasteiger charge is 2.11. The van der Waals surface area contributed by atoms with E-state index in [1.165, 1.54) is 0 Å². The molecule has 1 amide bonds. The summed E-state index contributed by atoms with van der Waals surface area (Å²) in [6.07, 6.45) is 0. The third-order valence-electron chi connectivity index (χ3n) is 3.67. The second kappa shape index (κ2) is 5.24. The van der Waals surface area contributed by atoms with Crippen molar-refractivity contribution in [2.45, 2.75) is 0 Å². The summed E-state index contributed by atoms with van der Waals surface area (Å²) in [5, 5.41) is 3.88. The number of aromatic nitrogens is 2. The Labute approximate surface area is 133 Å². The molecular formula is C17H11N3O4. The summed E-state index contributed by atoms with van der Waals surface area (Å²) in [6.45, 7) is 0. The fourth-order valence-corrected chi connectivity index (χ4v) is 2.56. The summed E-state index contributed by atoms with van der Waals surface area (Å²) in [5.41, 5.74) is 1.17. The molecule has 7 heteroatoms. The summed E-state index contributed by atoms with van der Waals surface area (Å²) in [7, 11) is 0. The summed E-state index contributed by atoms with van der Waals surface area (Å²) in [4.78, 5) is 40.7. The van der Waals surface area contributed by atoms with E-state index in [1.807, 2.05) is 0 Å². The molecule has 2 heterocycles. The Morgan fingerprint density at radius 1 is 1.00 bits per heavy atom. The lowest BCUT2D eigenvalue weighted by Gasteiger charge is -2.06. The molecule has 0 radical (unpaired) electrons. The molecule has 0 saturated carbocycles. The lowest BCUT2D eigenvalue weighted by atomic mass is 10.1. The molecule has 2 aromatic carbocycles. The molecule has 2 aromatic heterocycles. The predicted molar refractivity (Wildman–Crippen MR) is 89.4 cm³/mol. The molecule has 24 heavy (non-hydrogen) atoms. The molecule has 3 N–H and O–H groups in total. The van der Waals surface area contributed by atoms with Crippen molar-refractivity contribution in [2.24, 2.45) is 0 Å². The minimum absolute atomic E-state index is 0.152. The maximum atomic E-state index is 12.4. The Morgan fingerprint density at radius 3 is 2.71 bits per heavy atom. The van der Waals surface area contributed by atoms with Crippen LogP contribution < -0.4 is 16.6 Å². The number of hydrogen-bond acceptors (Lipinski definition) is 4. The second-order valence-corrected chi connectivity index (χ2v) is 5.28. The van der Waals surface area contributed by atoms with E-state index >= 15 is 0 Å². The SMILES string of the molecule is O=C(Nc1ccc2oc(=O)[nH]c2c1)c1cc2ccccc2c(=O)[nH]1. The van der Waals surface area contributed by atoms with Gasteiger partial charge in [0.1, 0.15) is 5.69 Å². The van der Waals surface area contributed by atoms with Gasteiger partial charge < -0.3 is 14.7 Å². The number of benzene rings is 2. The van der Waals surface area contributed by atoms with Crippen LogP contribution in [0.2, 0.25) is 0 Å². The van der Waals surface area contributed by atoms with Crippen LogP contribution >= 0.6 is 0 Å². The Kier molecular flexibility index (Phi) is 3.06. The number of fused-ring (bicyclic) bond motifs is 2. The molecule has 118 valence electrons. The van der Waals surface area contributed by atoms with Crippen LogP contribution in [0.1, 0.15) is 10.5 Å². The average molecular weight is 321 g/mol. The fraction of sp³-hybridized carbons (Fsp3) is 0. The van der Waals surface area contributed by atoms with E-state index in [2.05, 4.69) is 15.3 Å². The van der Waals surface area contributed by atoms with Gasteiger partial charge in [-0.15, -0.1) is 0 Å². The molecule has 0 fully saturated rings. The Morgan fingerprint density at radius 2 is 1.83 bits per heavy atom. The molecule has 7 nitrogen and oxygen atoms in total. The van der Waals surface area contributed by atoms with Crippen LogP contribution in [0.3, 0.4) is 0 Å². The number of pyridine rings is 1. The Hall–Kier alpha value is -3.61. The minimum atomic E-state index is -0.563. The first-order valence-corrected chi connectivity index (χ1v) is 7.16. The topological polar surface area (TPSA) is 108 Å². The summed E-state index contributed by atoms with van der Waals surface area (Å²) >= 11 is 0. The van der Waals surface area contributed by atoms with Gasteiger partial charge in [-0.25, -0.2) is 4.79 Å². The van der Waals surface area contributed by atoms with E-state index in [0.717, 1.165) is 0 Å². The highest BCUT2D eigenvalue weighted by atomic mass is 16.4. The van der Waals surface area contributed by atoms with E-state index in [4.69, 9.17) is 4.42 Å². The van der Waals surface area contributed by atoms with E-state index < -0.39 is 11.7 Å². The van der Waals surface area contributed by atoms with Gasteiger partial charge in [0, 0.05) is 11.1 Å². The van der Waals surface area contributed by atoms with Crippen molar-refractivity contribution in [1.82, 2.24) is 9.97 Å². The van der Waals surface area contributed by atoms with Crippen LogP contribution in [0.5, 0.6) is 0 Å². The molecule has 0 unspecified atom stereocenters. The maximum Gasteiger partial charge on any atom is 0.417 e. The van der Waals surface area contributed by atoms with E-state index in [-0.39, 0.29) is 11.3 Å². The molecule has 0 saturated heterocycles. The number of rotatable bonds is 2. The van der Waals surface area contributed by atoms with Gasteiger partial charge in [0.15, 0.2) is 5.58 Å². The normalized spacial score (nSPS) is 11.0. The Balaban J connectivity index is 1.70. The molecule has 0 aliphatic rings. The van der Waals surface area contributed by atoms with Crippen molar-refractivity contribution in [2.75, 3.05) is 5.32 Å². The van der Waals surface area contributed by atoms with Crippen LogP contribution in [0.25, 0.3) is 21.9 Å². The molecule has 0 spiro atoms. The third-order valence-corrected chi connectivity index (χ3v) is 3.67. The zero-order chi connectivity index (χ0) is 16.7. The van der Waals surface area contributed by atoms with E-state index in [1.54, 1.807) is 48.5 Å². The van der Waals surface area contributed by atoms with Gasteiger partial charge in [-0.1, -0.05) is 18.2 Å². The van der Waals surface area contributed by atoms with Crippen LogP contribution in [0.4, 0.5) is 5.69 Å². The van der Waals surface area contributed by atoms with Crippen molar-refractivity contribution in [3.63, 3.8) is 0 Å². The van der Waals surface area contributed by atoms with Crippen molar-refractivity contribution >= 4 is 33.5 Å². The van der Waals surface area contributed by atoms with Crippen LogP contribution in [0, 0.1) is 0 Å². The van der Waals surface area contributed by atoms with Gasteiger partial charge in [-0.05, 0) is 35.7 Å². The highest BCUT2D eigenvalue weighted by Crippen LogP contribution is 2.17. The first kappa shape index (κ1) is 14.0. The predicted octanol–water partition coefficient (Wildman–Crippen LogP) is 2.21. The molecule has 0 atom stereocenters. The summed E-state index contributed by atoms with van der Waals surface area (Å²) < 4.78 is 4.91. The lowest BCUT2D eigenvalue weighted by Crippen LogP contribution is -2.18. The Bertz CT molecular complexity index is 1200. The molecule has 0 aliphatic carbocycles. The largest absolute Gasteiger partial charge is 0.417 e. The lowest BCUT2D eigenvalue weighted by molar-refractivity contribution is 0.102. The number of hydrogen-bond donors (Lipinski definition) is 3. The summed E-state index contributed by atoms with van der Waals surface area (Å²) in [5.74, 6) is -1.02. The maximum absolute atomic E-state index is 12.4. The van der Waals surface area contributed by atoms with E-state index in [0.29, 0.717) is 27.6 Å². The molecule has 4 rings (SSSR count). The average Bonchev–Trinajstić information content (AvgIpc) is 2.94. The van der Waals surface area contributed by atoms with Crippen molar-refractivity contribution in [3.8, 4) is 0 Å². The van der Waals surface area contributed by atoms with Crippen LogP contribution in [0.15, 0.2) is 62.5 Å². The second-order valence-electron chi connectivity index (χ2n) is 5.28. The van der Waals surface area contributed by atoms with Gasteiger partial charge in [0.05, 0.1) is 5.52 Å².